The summed E-state index contributed by atoms with van der Waals surface area (Å²) >= 11 is 0. The van der Waals surface area contributed by atoms with Gasteiger partial charge in [-0.15, -0.1) is 0 Å². The van der Waals surface area contributed by atoms with Gasteiger partial charge in [-0.2, -0.15) is 10.1 Å². The van der Waals surface area contributed by atoms with Gasteiger partial charge in [-0.25, -0.2) is 4.52 Å². The summed E-state index contributed by atoms with van der Waals surface area (Å²) in [5.41, 5.74) is 0.748. The molecular weight excluding hydrogens is 202 g/mol. The molecule has 0 aliphatic carbocycles. The zero-order valence-corrected chi connectivity index (χ0v) is 8.71. The van der Waals surface area contributed by atoms with E-state index in [2.05, 4.69) is 10.1 Å². The van der Waals surface area contributed by atoms with Crippen molar-refractivity contribution < 1.29 is 0 Å². The van der Waals surface area contributed by atoms with Crippen LogP contribution in [0.15, 0.2) is 41.3 Å². The van der Waals surface area contributed by atoms with Gasteiger partial charge in [-0.05, 0) is 18.4 Å². The molecule has 0 aliphatic rings. The van der Waals surface area contributed by atoms with Gasteiger partial charge in [0.15, 0.2) is 5.65 Å². The Morgan fingerprint density at radius 1 is 1.19 bits per heavy atom. The van der Waals surface area contributed by atoms with E-state index in [1.54, 1.807) is 11.4 Å². The van der Waals surface area contributed by atoms with Gasteiger partial charge in [0.25, 0.3) is 5.56 Å². The topological polar surface area (TPSA) is 47.3 Å². The molecule has 0 aliphatic heterocycles. The Morgan fingerprint density at radius 2 is 2.00 bits per heavy atom. The van der Waals surface area contributed by atoms with Crippen molar-refractivity contribution in [1.29, 1.82) is 0 Å². The van der Waals surface area contributed by atoms with E-state index < -0.39 is 0 Å². The van der Waals surface area contributed by atoms with Crippen LogP contribution in [-0.2, 0) is 0 Å². The fraction of sp³-hybridized carbons (Fsp3) is 0.0833. The van der Waals surface area contributed by atoms with Gasteiger partial charge in [0, 0.05) is 11.6 Å². The molecule has 0 radical (unpaired) electrons. The molecule has 2 heterocycles. The average Bonchev–Trinajstić information content (AvgIpc) is 2.31. The quantitative estimate of drug-likeness (QED) is 0.530. The van der Waals surface area contributed by atoms with Gasteiger partial charge in [0.1, 0.15) is 5.69 Å². The summed E-state index contributed by atoms with van der Waals surface area (Å²) in [6.07, 6.45) is 1.82. The van der Waals surface area contributed by atoms with E-state index in [-0.39, 0.29) is 5.56 Å². The molecule has 0 saturated heterocycles. The Labute approximate surface area is 91.2 Å². The first-order valence-electron chi connectivity index (χ1n) is 5.01. The maximum atomic E-state index is 11.5. The largest absolute Gasteiger partial charge is 0.294 e. The average molecular weight is 211 g/mol. The Hall–Kier alpha value is -2.23. The Balaban J connectivity index is 2.60. The highest BCUT2D eigenvalue weighted by Crippen LogP contribution is 2.16. The predicted octanol–water partition coefficient (Wildman–Crippen LogP) is 1.55. The Bertz CT molecular complexity index is 746. The highest BCUT2D eigenvalue weighted by atomic mass is 16.1. The van der Waals surface area contributed by atoms with Crippen molar-refractivity contribution >= 4 is 16.4 Å². The van der Waals surface area contributed by atoms with Crippen LogP contribution in [0.1, 0.15) is 5.69 Å². The van der Waals surface area contributed by atoms with Crippen LogP contribution in [0.2, 0.25) is 0 Å². The highest BCUT2D eigenvalue weighted by molar-refractivity contribution is 5.93. The van der Waals surface area contributed by atoms with E-state index in [1.165, 1.54) is 0 Å². The van der Waals surface area contributed by atoms with E-state index in [0.717, 1.165) is 10.8 Å². The minimum atomic E-state index is -0.267. The van der Waals surface area contributed by atoms with E-state index in [9.17, 15) is 4.79 Å². The van der Waals surface area contributed by atoms with Crippen LogP contribution in [0.3, 0.4) is 0 Å². The lowest BCUT2D eigenvalue weighted by molar-refractivity contribution is 0.850. The van der Waals surface area contributed by atoms with E-state index in [1.807, 2.05) is 36.5 Å². The molecule has 0 fully saturated rings. The number of hydrogen-bond acceptors (Lipinski definition) is 3. The lowest BCUT2D eigenvalue weighted by Crippen LogP contribution is -2.15. The van der Waals surface area contributed by atoms with Crippen LogP contribution in [-0.4, -0.2) is 14.6 Å². The van der Waals surface area contributed by atoms with Gasteiger partial charge in [-0.1, -0.05) is 24.3 Å². The normalized spacial score (nSPS) is 11.1. The van der Waals surface area contributed by atoms with Crippen LogP contribution in [0.4, 0.5) is 0 Å². The minimum Gasteiger partial charge on any atom is -0.265 e. The van der Waals surface area contributed by atoms with Crippen molar-refractivity contribution in [2.75, 3.05) is 0 Å². The lowest BCUT2D eigenvalue weighted by atomic mass is 10.2. The fourth-order valence-corrected chi connectivity index (χ4v) is 1.76. The molecule has 1 aromatic carbocycles. The molecule has 3 aromatic rings. The maximum Gasteiger partial charge on any atom is 0.294 e. The lowest BCUT2D eigenvalue weighted by Gasteiger charge is -2.03. The Kier molecular flexibility index (Phi) is 1.77. The number of aromatic nitrogens is 3. The van der Waals surface area contributed by atoms with Gasteiger partial charge in [0.2, 0.25) is 0 Å². The molecule has 78 valence electrons. The standard InChI is InChI=1S/C12H9N3O/c1-8-12(16)13-11-10-5-3-2-4-9(10)6-7-15(11)14-8/h2-7H,1H3. The second kappa shape index (κ2) is 3.13. The third-order valence-electron chi connectivity index (χ3n) is 2.59. The number of hydrogen-bond donors (Lipinski definition) is 0. The second-order valence-corrected chi connectivity index (χ2v) is 3.67. The molecule has 0 bridgehead atoms. The SMILES string of the molecule is Cc1nn2ccc3ccccc3c2nc1=O. The highest BCUT2D eigenvalue weighted by Gasteiger charge is 2.04. The predicted molar refractivity (Wildman–Crippen MR) is 61.5 cm³/mol. The molecule has 0 atom stereocenters. The molecule has 4 heteroatoms. The summed E-state index contributed by atoms with van der Waals surface area (Å²) in [6.45, 7) is 1.66. The zero-order chi connectivity index (χ0) is 11.1. The van der Waals surface area contributed by atoms with Gasteiger partial charge in [-0.3, -0.25) is 4.79 Å². The summed E-state index contributed by atoms with van der Waals surface area (Å²) in [5, 5.41) is 6.16. The van der Waals surface area contributed by atoms with Gasteiger partial charge in [0.05, 0.1) is 0 Å². The number of pyridine rings is 1. The van der Waals surface area contributed by atoms with E-state index in [0.29, 0.717) is 11.3 Å². The third-order valence-corrected chi connectivity index (χ3v) is 2.59. The zero-order valence-electron chi connectivity index (χ0n) is 8.71. The van der Waals surface area contributed by atoms with Crippen LogP contribution in [0.5, 0.6) is 0 Å². The summed E-state index contributed by atoms with van der Waals surface area (Å²) in [7, 11) is 0. The van der Waals surface area contributed by atoms with Gasteiger partial charge >= 0.3 is 0 Å². The molecule has 4 nitrogen and oxygen atoms in total. The van der Waals surface area contributed by atoms with Crippen molar-refractivity contribution in [1.82, 2.24) is 14.6 Å². The minimum absolute atomic E-state index is 0.267. The monoisotopic (exact) mass is 211 g/mol. The number of aryl methyl sites for hydroxylation is 1. The molecule has 0 N–H and O–H groups in total. The van der Waals surface area contributed by atoms with Crippen LogP contribution in [0, 0.1) is 6.92 Å². The van der Waals surface area contributed by atoms with E-state index in [4.69, 9.17) is 0 Å². The molecule has 0 unspecified atom stereocenters. The number of rotatable bonds is 0. The smallest absolute Gasteiger partial charge is 0.265 e. The molecule has 2 aromatic heterocycles. The summed E-state index contributed by atoms with van der Waals surface area (Å²) in [6, 6.07) is 9.77. The maximum absolute atomic E-state index is 11.5. The first-order valence-corrected chi connectivity index (χ1v) is 5.01. The van der Waals surface area contributed by atoms with Crippen LogP contribution in [0.25, 0.3) is 16.4 Å². The number of fused-ring (bicyclic) bond motifs is 3. The number of benzene rings is 1. The first kappa shape index (κ1) is 9.03. The van der Waals surface area contributed by atoms with Crippen molar-refractivity contribution in [2.24, 2.45) is 0 Å². The fourth-order valence-electron chi connectivity index (χ4n) is 1.76. The van der Waals surface area contributed by atoms with Crippen molar-refractivity contribution in [3.63, 3.8) is 0 Å². The summed E-state index contributed by atoms with van der Waals surface area (Å²) in [5.74, 6) is 0. The van der Waals surface area contributed by atoms with Crippen LogP contribution < -0.4 is 5.56 Å². The number of nitrogens with zero attached hydrogens (tertiary/aromatic N) is 3. The molecule has 0 saturated carbocycles. The summed E-state index contributed by atoms with van der Waals surface area (Å²) < 4.78 is 1.64. The molecule has 0 amide bonds. The van der Waals surface area contributed by atoms with E-state index >= 15 is 0 Å². The molecular formula is C12H9N3O. The van der Waals surface area contributed by atoms with Crippen molar-refractivity contribution in [3.05, 3.63) is 52.6 Å². The van der Waals surface area contributed by atoms with Gasteiger partial charge < -0.3 is 0 Å². The van der Waals surface area contributed by atoms with Crippen LogP contribution >= 0.6 is 0 Å². The molecule has 16 heavy (non-hydrogen) atoms. The van der Waals surface area contributed by atoms with Crippen molar-refractivity contribution in [2.45, 2.75) is 6.92 Å². The second-order valence-electron chi connectivity index (χ2n) is 3.67. The molecule has 0 spiro atoms. The van der Waals surface area contributed by atoms with Crippen molar-refractivity contribution in [3.8, 4) is 0 Å². The first-order chi connectivity index (χ1) is 7.75. The third kappa shape index (κ3) is 1.20. The Morgan fingerprint density at radius 3 is 2.88 bits per heavy atom. The summed E-state index contributed by atoms with van der Waals surface area (Å²) in [4.78, 5) is 15.5. The molecule has 3 rings (SSSR count).